The predicted molar refractivity (Wildman–Crippen MR) is 82.6 cm³/mol. The van der Waals surface area contributed by atoms with Gasteiger partial charge in [0.2, 0.25) is 0 Å². The van der Waals surface area contributed by atoms with Crippen LogP contribution in [0.1, 0.15) is 0 Å². The number of aliphatic hydroxyl groups is 6. The van der Waals surface area contributed by atoms with Crippen LogP contribution in [0.3, 0.4) is 0 Å². The zero-order valence-electron chi connectivity index (χ0n) is 15.2. The molecule has 18 nitrogen and oxygen atoms in total. The molecule has 2 aliphatic heterocycles. The van der Waals surface area contributed by atoms with Gasteiger partial charge in [0.25, 0.3) is 11.5 Å². The minimum absolute atomic E-state index is 0.846. The summed E-state index contributed by atoms with van der Waals surface area (Å²) in [5, 5.41) is 53.6. The largest absolute Gasteiger partial charge is 0.780 e. The van der Waals surface area contributed by atoms with Crippen LogP contribution >= 0.6 is 15.6 Å². The zero-order chi connectivity index (χ0) is 25.0. The van der Waals surface area contributed by atoms with Gasteiger partial charge in [0.1, 0.15) is 27.9 Å². The quantitative estimate of drug-likeness (QED) is 0.131. The van der Waals surface area contributed by atoms with E-state index in [0.29, 0.717) is 0 Å². The molecule has 2 aliphatic rings. The zero-order valence-corrected chi connectivity index (χ0v) is 17.0. The van der Waals surface area contributed by atoms with Crippen molar-refractivity contribution in [3.63, 3.8) is 0 Å². The van der Waals surface area contributed by atoms with Crippen molar-refractivity contribution in [1.82, 2.24) is 0 Å². The third kappa shape index (κ3) is 7.42. The van der Waals surface area contributed by atoms with Crippen molar-refractivity contribution in [2.45, 2.75) is 24.4 Å². The van der Waals surface area contributed by atoms with Crippen LogP contribution in [0.25, 0.3) is 0 Å². The van der Waals surface area contributed by atoms with Crippen LogP contribution in [0.4, 0.5) is 0 Å². The van der Waals surface area contributed by atoms with Crippen molar-refractivity contribution >= 4 is 27.6 Å². The standard InChI is InChI=1S/2C6H9O9P/c2*7-1-2(8)4-3(9)5(6(10)14-4)15-16(11,12)13/h2*2,4,7-9H,1H2,(H2,11,12,13)/p-4/t2*2-,4+/m00/s1. The molecule has 0 amide bonds. The molecule has 0 aromatic rings. The van der Waals surface area contributed by atoms with E-state index in [2.05, 4.69) is 18.5 Å². The Bertz CT molecular complexity index is 808. The van der Waals surface area contributed by atoms with E-state index in [1.54, 1.807) is 0 Å². The van der Waals surface area contributed by atoms with Crippen molar-refractivity contribution in [3.8, 4) is 0 Å². The van der Waals surface area contributed by atoms with Crippen molar-refractivity contribution < 1.29 is 87.5 Å². The van der Waals surface area contributed by atoms with Gasteiger partial charge in [-0.2, -0.15) is 0 Å². The average molecular weight is 508 g/mol. The Morgan fingerprint density at radius 2 is 1.06 bits per heavy atom. The van der Waals surface area contributed by atoms with Gasteiger partial charge in [0.15, 0.2) is 23.7 Å². The van der Waals surface area contributed by atoms with Gasteiger partial charge < -0.3 is 77.9 Å². The molecule has 6 N–H and O–H groups in total. The van der Waals surface area contributed by atoms with Crippen LogP contribution in [-0.2, 0) is 37.2 Å². The molecule has 0 aromatic carbocycles. The SMILES string of the molecule is O=C1O[C@H]([C@@H](O)CO)C(O)=C1OP(=O)([O-])[O-].O=C1O[C@H]([C@@H](O)CO)C(O)=C1OP(=O)([O-])[O-]. The second-order valence-electron chi connectivity index (χ2n) is 5.66. The van der Waals surface area contributed by atoms with Gasteiger partial charge in [-0.1, -0.05) is 0 Å². The number of rotatable bonds is 8. The third-order valence-electron chi connectivity index (χ3n) is 3.32. The van der Waals surface area contributed by atoms with E-state index < -0.39 is 88.3 Å². The summed E-state index contributed by atoms with van der Waals surface area (Å²) in [6, 6.07) is 0. The van der Waals surface area contributed by atoms with E-state index in [9.17, 15) is 48.5 Å². The van der Waals surface area contributed by atoms with Gasteiger partial charge in [0, 0.05) is 0 Å². The topological polar surface area (TPSA) is 319 Å². The summed E-state index contributed by atoms with van der Waals surface area (Å²) in [5.74, 6) is -7.35. The van der Waals surface area contributed by atoms with Crippen LogP contribution in [0.5, 0.6) is 0 Å². The lowest BCUT2D eigenvalue weighted by Gasteiger charge is -2.28. The first-order chi connectivity index (χ1) is 14.5. The lowest BCUT2D eigenvalue weighted by Crippen LogP contribution is -2.31. The molecule has 0 aromatic heterocycles. The molecule has 0 aliphatic carbocycles. The fraction of sp³-hybridized carbons (Fsp3) is 0.500. The molecule has 0 fully saturated rings. The number of phosphoric acid groups is 2. The molecular formula is C12H14O18P2-4. The predicted octanol–water partition coefficient (Wildman–Crippen LogP) is -6.24. The van der Waals surface area contributed by atoms with Gasteiger partial charge in [-0.3, -0.25) is 0 Å². The fourth-order valence-electron chi connectivity index (χ4n) is 2.02. The number of carbonyl (C=O) groups is 2. The summed E-state index contributed by atoms with van der Waals surface area (Å²) >= 11 is 0. The number of aliphatic hydroxyl groups excluding tert-OH is 6. The highest BCUT2D eigenvalue weighted by atomic mass is 31.2. The Morgan fingerprint density at radius 1 is 0.781 bits per heavy atom. The molecule has 184 valence electrons. The van der Waals surface area contributed by atoms with Crippen LogP contribution in [0.15, 0.2) is 23.0 Å². The number of hydrogen-bond donors (Lipinski definition) is 6. The first-order valence-corrected chi connectivity index (χ1v) is 10.7. The first kappa shape index (κ1) is 27.8. The number of phosphoric ester groups is 2. The van der Waals surface area contributed by atoms with E-state index in [4.69, 9.17) is 20.4 Å². The number of carbonyl (C=O) groups excluding carboxylic acids is 2. The van der Waals surface area contributed by atoms with Crippen molar-refractivity contribution in [3.05, 3.63) is 23.0 Å². The molecule has 0 radical (unpaired) electrons. The minimum atomic E-state index is -5.52. The molecule has 0 bridgehead atoms. The summed E-state index contributed by atoms with van der Waals surface area (Å²) < 4.78 is 36.3. The Kier molecular flexibility index (Phi) is 9.19. The number of esters is 2. The van der Waals surface area contributed by atoms with Gasteiger partial charge in [0.05, 0.1) is 13.2 Å². The maximum Gasteiger partial charge on any atom is 0.378 e. The normalized spacial score (nSPS) is 23.2. The van der Waals surface area contributed by atoms with Gasteiger partial charge in [-0.25, -0.2) is 9.59 Å². The van der Waals surface area contributed by atoms with Gasteiger partial charge >= 0.3 is 11.9 Å². The van der Waals surface area contributed by atoms with E-state index in [1.807, 2.05) is 0 Å². The Labute approximate surface area is 176 Å². The summed E-state index contributed by atoms with van der Waals surface area (Å²) in [7, 11) is -11.0. The molecule has 0 saturated heterocycles. The van der Waals surface area contributed by atoms with Crippen LogP contribution < -0.4 is 19.6 Å². The van der Waals surface area contributed by atoms with Crippen molar-refractivity contribution in [2.24, 2.45) is 0 Å². The minimum Gasteiger partial charge on any atom is -0.780 e. The third-order valence-corrected chi connectivity index (χ3v) is 4.13. The first-order valence-electron chi connectivity index (χ1n) is 7.81. The number of cyclic esters (lactones) is 2. The number of hydrogen-bond acceptors (Lipinski definition) is 18. The van der Waals surface area contributed by atoms with Crippen LogP contribution in [0.2, 0.25) is 0 Å². The molecular weight excluding hydrogens is 494 g/mol. The number of ether oxygens (including phenoxy) is 2. The van der Waals surface area contributed by atoms with Crippen LogP contribution in [0, 0.1) is 0 Å². The van der Waals surface area contributed by atoms with E-state index in [-0.39, 0.29) is 0 Å². The molecule has 0 spiro atoms. The molecule has 4 atom stereocenters. The van der Waals surface area contributed by atoms with Gasteiger partial charge in [-0.05, 0) is 0 Å². The summed E-state index contributed by atoms with van der Waals surface area (Å²) in [4.78, 5) is 62.7. The molecule has 0 saturated carbocycles. The lowest BCUT2D eigenvalue weighted by atomic mass is 10.2. The van der Waals surface area contributed by atoms with Crippen molar-refractivity contribution in [2.75, 3.05) is 13.2 Å². The molecule has 2 heterocycles. The highest BCUT2D eigenvalue weighted by molar-refractivity contribution is 7.43. The maximum absolute atomic E-state index is 10.9. The fourth-order valence-corrected chi connectivity index (χ4v) is 2.80. The highest BCUT2D eigenvalue weighted by Gasteiger charge is 2.41. The molecule has 2 rings (SSSR count). The second kappa shape index (κ2) is 10.6. The summed E-state index contributed by atoms with van der Waals surface area (Å²) in [6.45, 7) is -1.69. The molecule has 0 unspecified atom stereocenters. The van der Waals surface area contributed by atoms with Crippen LogP contribution in [-0.4, -0.2) is 80.2 Å². The average Bonchev–Trinajstić information content (AvgIpc) is 3.10. The van der Waals surface area contributed by atoms with Gasteiger partial charge in [-0.15, -0.1) is 0 Å². The highest BCUT2D eigenvalue weighted by Crippen LogP contribution is 2.36. The lowest BCUT2D eigenvalue weighted by molar-refractivity contribution is -0.340. The van der Waals surface area contributed by atoms with E-state index in [1.165, 1.54) is 0 Å². The van der Waals surface area contributed by atoms with Crippen molar-refractivity contribution in [1.29, 1.82) is 0 Å². The summed E-state index contributed by atoms with van der Waals surface area (Å²) in [5.41, 5.74) is 0. The smallest absolute Gasteiger partial charge is 0.378 e. The Morgan fingerprint density at radius 3 is 1.28 bits per heavy atom. The second-order valence-corrected chi connectivity index (χ2v) is 7.81. The molecule has 20 heteroatoms. The van der Waals surface area contributed by atoms with E-state index >= 15 is 0 Å². The molecule has 32 heavy (non-hydrogen) atoms. The Balaban J connectivity index is 0.000000320. The summed E-state index contributed by atoms with van der Waals surface area (Å²) in [6.07, 6.45) is -6.61. The Hall–Kier alpha value is -2.24. The monoisotopic (exact) mass is 508 g/mol. The van der Waals surface area contributed by atoms with E-state index in [0.717, 1.165) is 0 Å². The maximum atomic E-state index is 10.9.